The summed E-state index contributed by atoms with van der Waals surface area (Å²) in [4.78, 5) is 27.6. The van der Waals surface area contributed by atoms with Crippen molar-refractivity contribution in [1.82, 2.24) is 25.1 Å². The van der Waals surface area contributed by atoms with Crippen molar-refractivity contribution in [3.05, 3.63) is 42.4 Å². The molecule has 8 heteroatoms. The maximum Gasteiger partial charge on any atom is 0.223 e. The normalized spacial score (nSPS) is 10.9. The van der Waals surface area contributed by atoms with Gasteiger partial charge in [-0.05, 0) is 12.5 Å². The Labute approximate surface area is 178 Å². The maximum absolute atomic E-state index is 11.7. The van der Waals surface area contributed by atoms with Crippen LogP contribution in [0.2, 0.25) is 0 Å². The average Bonchev–Trinajstić information content (AvgIpc) is 3.10. The van der Waals surface area contributed by atoms with Crippen LogP contribution in [-0.4, -0.2) is 65.9 Å². The molecule has 7 nitrogen and oxygen atoms in total. The van der Waals surface area contributed by atoms with Crippen LogP contribution in [0.3, 0.4) is 0 Å². The second-order valence-electron chi connectivity index (χ2n) is 6.24. The average molecular weight is 484 g/mol. The Hall–Kier alpha value is -2.10. The van der Waals surface area contributed by atoms with Gasteiger partial charge in [-0.2, -0.15) is 0 Å². The van der Waals surface area contributed by atoms with E-state index in [1.807, 2.05) is 55.4 Å². The van der Waals surface area contributed by atoms with Crippen LogP contribution in [0, 0.1) is 0 Å². The van der Waals surface area contributed by atoms with Gasteiger partial charge >= 0.3 is 0 Å². The van der Waals surface area contributed by atoms with Gasteiger partial charge in [-0.15, -0.1) is 24.0 Å². The lowest BCUT2D eigenvalue weighted by Gasteiger charge is -2.21. The highest BCUT2D eigenvalue weighted by atomic mass is 127. The second-order valence-corrected chi connectivity index (χ2v) is 6.24. The number of nitrogens with zero attached hydrogens (tertiary/aromatic N) is 4. The molecule has 0 bridgehead atoms. The minimum Gasteiger partial charge on any atom is -0.357 e. The SMILES string of the molecule is CCNC(=NCCC(=O)N(C)C)N(C)Cc1ncc(-c2ccccc2)[nH]1.I. The first-order chi connectivity index (χ1) is 12.5. The number of nitrogens with one attached hydrogen (secondary N) is 2. The molecule has 0 unspecified atom stereocenters. The molecule has 0 radical (unpaired) electrons. The van der Waals surface area contributed by atoms with E-state index in [-0.39, 0.29) is 29.9 Å². The highest BCUT2D eigenvalue weighted by Crippen LogP contribution is 2.16. The standard InChI is InChI=1S/C19H28N6O.HI/c1-5-20-19(21-12-11-18(26)24(2)3)25(4)14-17-22-13-16(23-17)15-9-7-6-8-10-15;/h6-10,13H,5,11-12,14H2,1-4H3,(H,20,21)(H,22,23);1H. The minimum atomic E-state index is 0. The molecule has 148 valence electrons. The Balaban J connectivity index is 0.00000364. The van der Waals surface area contributed by atoms with Crippen molar-refractivity contribution in [3.63, 3.8) is 0 Å². The molecule has 0 saturated heterocycles. The van der Waals surface area contributed by atoms with Crippen molar-refractivity contribution in [2.24, 2.45) is 4.99 Å². The monoisotopic (exact) mass is 484 g/mol. The predicted octanol–water partition coefficient (Wildman–Crippen LogP) is 2.57. The Kier molecular flexibility index (Phi) is 9.84. The number of aromatic nitrogens is 2. The number of H-pyrrole nitrogens is 1. The summed E-state index contributed by atoms with van der Waals surface area (Å²) in [7, 11) is 5.47. The zero-order valence-corrected chi connectivity index (χ0v) is 18.7. The van der Waals surface area contributed by atoms with Gasteiger partial charge in [-0.3, -0.25) is 9.79 Å². The highest BCUT2D eigenvalue weighted by Gasteiger charge is 2.10. The van der Waals surface area contributed by atoms with Crippen LogP contribution in [0.15, 0.2) is 41.5 Å². The molecule has 0 aliphatic rings. The van der Waals surface area contributed by atoms with Crippen molar-refractivity contribution < 1.29 is 4.79 Å². The summed E-state index contributed by atoms with van der Waals surface area (Å²) in [5.74, 6) is 1.70. The summed E-state index contributed by atoms with van der Waals surface area (Å²) >= 11 is 0. The van der Waals surface area contributed by atoms with E-state index < -0.39 is 0 Å². The van der Waals surface area contributed by atoms with E-state index >= 15 is 0 Å². The van der Waals surface area contributed by atoms with E-state index in [9.17, 15) is 4.79 Å². The van der Waals surface area contributed by atoms with Gasteiger partial charge in [0.2, 0.25) is 5.91 Å². The van der Waals surface area contributed by atoms with Gasteiger partial charge in [0.25, 0.3) is 0 Å². The third kappa shape index (κ3) is 7.20. The number of rotatable bonds is 7. The van der Waals surface area contributed by atoms with Crippen LogP contribution < -0.4 is 5.32 Å². The summed E-state index contributed by atoms with van der Waals surface area (Å²) in [6.07, 6.45) is 2.24. The summed E-state index contributed by atoms with van der Waals surface area (Å²) < 4.78 is 0. The molecule has 0 spiro atoms. The van der Waals surface area contributed by atoms with Crippen LogP contribution in [0.25, 0.3) is 11.3 Å². The third-order valence-electron chi connectivity index (χ3n) is 3.88. The van der Waals surface area contributed by atoms with E-state index in [2.05, 4.69) is 20.3 Å². The van der Waals surface area contributed by atoms with Crippen LogP contribution in [0.5, 0.6) is 0 Å². The van der Waals surface area contributed by atoms with E-state index in [0.29, 0.717) is 19.5 Å². The van der Waals surface area contributed by atoms with Crippen molar-refractivity contribution in [3.8, 4) is 11.3 Å². The topological polar surface area (TPSA) is 76.6 Å². The fourth-order valence-corrected chi connectivity index (χ4v) is 2.46. The first kappa shape index (κ1) is 22.9. The number of carbonyl (C=O) groups excluding carboxylic acids is 1. The molecule has 2 N–H and O–H groups in total. The summed E-state index contributed by atoms with van der Waals surface area (Å²) in [6.45, 7) is 3.84. The molecule has 2 aromatic rings. The zero-order chi connectivity index (χ0) is 18.9. The van der Waals surface area contributed by atoms with Crippen LogP contribution in [-0.2, 0) is 11.3 Å². The molecule has 1 amide bonds. The minimum absolute atomic E-state index is 0. The van der Waals surface area contributed by atoms with Crippen molar-refractivity contribution in [1.29, 1.82) is 0 Å². The molecule has 0 saturated carbocycles. The number of amides is 1. The molecule has 0 aliphatic heterocycles. The van der Waals surface area contributed by atoms with Crippen LogP contribution >= 0.6 is 24.0 Å². The molecule has 1 aromatic carbocycles. The lowest BCUT2D eigenvalue weighted by molar-refractivity contribution is -0.128. The van der Waals surface area contributed by atoms with Crippen LogP contribution in [0.4, 0.5) is 0 Å². The number of aliphatic imine (C=N–C) groups is 1. The van der Waals surface area contributed by atoms with E-state index in [0.717, 1.165) is 29.6 Å². The number of aromatic amines is 1. The molecule has 0 aliphatic carbocycles. The molecule has 1 aromatic heterocycles. The largest absolute Gasteiger partial charge is 0.357 e. The van der Waals surface area contributed by atoms with Crippen molar-refractivity contribution >= 4 is 35.8 Å². The van der Waals surface area contributed by atoms with Gasteiger partial charge in [0.15, 0.2) is 5.96 Å². The number of guanidine groups is 1. The quantitative estimate of drug-likeness (QED) is 0.360. The smallest absolute Gasteiger partial charge is 0.223 e. The van der Waals surface area contributed by atoms with Gasteiger partial charge < -0.3 is 20.1 Å². The molecule has 0 fully saturated rings. The lowest BCUT2D eigenvalue weighted by Crippen LogP contribution is -2.39. The lowest BCUT2D eigenvalue weighted by atomic mass is 10.2. The number of benzene rings is 1. The van der Waals surface area contributed by atoms with E-state index in [1.165, 1.54) is 0 Å². The number of hydrogen-bond acceptors (Lipinski definition) is 3. The Morgan fingerprint density at radius 3 is 2.56 bits per heavy atom. The Morgan fingerprint density at radius 2 is 1.93 bits per heavy atom. The molecular weight excluding hydrogens is 455 g/mol. The molecule has 0 atom stereocenters. The fraction of sp³-hybridized carbons (Fsp3) is 0.421. The van der Waals surface area contributed by atoms with Gasteiger partial charge in [0.1, 0.15) is 5.82 Å². The molecule has 1 heterocycles. The summed E-state index contributed by atoms with van der Waals surface area (Å²) in [5, 5.41) is 3.25. The molecule has 2 rings (SSSR count). The highest BCUT2D eigenvalue weighted by molar-refractivity contribution is 14.0. The molecular formula is C19H29IN6O. The Bertz CT molecular complexity index is 729. The van der Waals surface area contributed by atoms with Crippen molar-refractivity contribution in [2.75, 3.05) is 34.2 Å². The van der Waals surface area contributed by atoms with E-state index in [4.69, 9.17) is 0 Å². The first-order valence-corrected chi connectivity index (χ1v) is 8.80. The van der Waals surface area contributed by atoms with Gasteiger partial charge in [-0.1, -0.05) is 30.3 Å². The van der Waals surface area contributed by atoms with Gasteiger partial charge in [0, 0.05) is 34.1 Å². The summed E-state index contributed by atoms with van der Waals surface area (Å²) in [5.41, 5.74) is 2.10. The predicted molar refractivity (Wildman–Crippen MR) is 120 cm³/mol. The second kappa shape index (κ2) is 11.6. The number of halogens is 1. The van der Waals surface area contributed by atoms with Gasteiger partial charge in [0.05, 0.1) is 25.0 Å². The molecule has 27 heavy (non-hydrogen) atoms. The van der Waals surface area contributed by atoms with Crippen LogP contribution in [0.1, 0.15) is 19.2 Å². The maximum atomic E-state index is 11.7. The number of imidazole rings is 1. The number of carbonyl (C=O) groups is 1. The zero-order valence-electron chi connectivity index (χ0n) is 16.4. The Morgan fingerprint density at radius 1 is 1.22 bits per heavy atom. The third-order valence-corrected chi connectivity index (χ3v) is 3.88. The first-order valence-electron chi connectivity index (χ1n) is 8.80. The van der Waals surface area contributed by atoms with Gasteiger partial charge in [-0.25, -0.2) is 4.98 Å². The van der Waals surface area contributed by atoms with Crippen molar-refractivity contribution in [2.45, 2.75) is 19.9 Å². The summed E-state index contributed by atoms with van der Waals surface area (Å²) in [6, 6.07) is 10.1. The van der Waals surface area contributed by atoms with E-state index in [1.54, 1.807) is 19.0 Å². The fourth-order valence-electron chi connectivity index (χ4n) is 2.46. The number of hydrogen-bond donors (Lipinski definition) is 2.